The van der Waals surface area contributed by atoms with Crippen LogP contribution in [0.5, 0.6) is 0 Å². The molecule has 0 aromatic heterocycles. The molecule has 0 radical (unpaired) electrons. The Hall–Kier alpha value is 0.137. The van der Waals surface area contributed by atoms with Crippen LogP contribution in [0.25, 0.3) is 0 Å². The molecule has 2 nitrogen and oxygen atoms in total. The van der Waals surface area contributed by atoms with Crippen molar-refractivity contribution < 1.29 is 9.16 Å². The smallest absolute Gasteiger partial charge is 0.149 e. The van der Waals surface area contributed by atoms with Crippen LogP contribution in [0.3, 0.4) is 0 Å². The van der Waals surface area contributed by atoms with Crippen LogP contribution in [0.2, 0.25) is 0 Å². The molecule has 3 heteroatoms. The Morgan fingerprint density at radius 3 is 1.71 bits per heavy atom. The highest BCUT2D eigenvalue weighted by Crippen LogP contribution is 2.12. The normalized spacial score (nSPS) is 13.1. The van der Waals surface area contributed by atoms with Crippen LogP contribution in [0.1, 0.15) is 77.6 Å². The SMILES string of the molecule is CCCCCCCCCCCCC(OC)O[SiH3]. The van der Waals surface area contributed by atoms with E-state index in [1.165, 1.54) is 64.2 Å². The zero-order valence-electron chi connectivity index (χ0n) is 12.2. The third kappa shape index (κ3) is 12.4. The molecule has 0 saturated carbocycles. The van der Waals surface area contributed by atoms with E-state index in [1.54, 1.807) is 7.11 Å². The largest absolute Gasteiger partial charge is 0.404 e. The minimum absolute atomic E-state index is 0.0655. The van der Waals surface area contributed by atoms with Gasteiger partial charge in [-0.25, -0.2) is 0 Å². The van der Waals surface area contributed by atoms with Gasteiger partial charge in [0.2, 0.25) is 0 Å². The first-order valence-electron chi connectivity index (χ1n) is 7.40. The molecule has 0 fully saturated rings. The molecular formula is C14H32O2Si. The van der Waals surface area contributed by atoms with Crippen molar-refractivity contribution in [2.45, 2.75) is 83.8 Å². The van der Waals surface area contributed by atoms with Gasteiger partial charge in [0.05, 0.1) is 0 Å². The molecule has 0 aliphatic rings. The Balaban J connectivity index is 3.03. The number of methoxy groups -OCH3 is 1. The molecule has 0 saturated heterocycles. The average Bonchev–Trinajstić information content (AvgIpc) is 2.36. The third-order valence-electron chi connectivity index (χ3n) is 3.32. The first-order chi connectivity index (χ1) is 8.35. The fourth-order valence-corrected chi connectivity index (χ4v) is 2.56. The van der Waals surface area contributed by atoms with Crippen molar-refractivity contribution in [2.24, 2.45) is 0 Å². The molecule has 0 aliphatic carbocycles. The maximum atomic E-state index is 5.30. The van der Waals surface area contributed by atoms with Crippen molar-refractivity contribution in [1.82, 2.24) is 0 Å². The second-order valence-corrected chi connectivity index (χ2v) is 5.34. The standard InChI is InChI=1S/C14H32O2Si/c1-3-4-5-6-7-8-9-10-11-12-13-14(15-2)16-17/h14H,3-13H2,1-2,17H3. The van der Waals surface area contributed by atoms with E-state index in [-0.39, 0.29) is 6.29 Å². The summed E-state index contributed by atoms with van der Waals surface area (Å²) in [6, 6.07) is 0. The second kappa shape index (κ2) is 14.2. The molecule has 0 heterocycles. The van der Waals surface area contributed by atoms with Gasteiger partial charge in [-0.3, -0.25) is 0 Å². The van der Waals surface area contributed by atoms with Crippen LogP contribution < -0.4 is 0 Å². The lowest BCUT2D eigenvalue weighted by Crippen LogP contribution is -2.13. The summed E-state index contributed by atoms with van der Waals surface area (Å²) in [5.41, 5.74) is 0. The van der Waals surface area contributed by atoms with E-state index in [0.717, 1.165) is 16.9 Å². The van der Waals surface area contributed by atoms with Gasteiger partial charge in [0.15, 0.2) is 0 Å². The summed E-state index contributed by atoms with van der Waals surface area (Å²) in [6.07, 6.45) is 15.0. The van der Waals surface area contributed by atoms with Gasteiger partial charge in [0.1, 0.15) is 16.8 Å². The number of ether oxygens (including phenoxy) is 1. The van der Waals surface area contributed by atoms with Gasteiger partial charge in [0.25, 0.3) is 0 Å². The van der Waals surface area contributed by atoms with E-state index in [9.17, 15) is 0 Å². The van der Waals surface area contributed by atoms with Crippen molar-refractivity contribution >= 4 is 10.5 Å². The quantitative estimate of drug-likeness (QED) is 0.286. The van der Waals surface area contributed by atoms with Crippen molar-refractivity contribution in [3.8, 4) is 0 Å². The van der Waals surface area contributed by atoms with Gasteiger partial charge < -0.3 is 9.16 Å². The molecular weight excluding hydrogens is 228 g/mol. The van der Waals surface area contributed by atoms with Crippen LogP contribution >= 0.6 is 0 Å². The Kier molecular flexibility index (Phi) is 14.3. The first-order valence-corrected chi connectivity index (χ1v) is 8.22. The highest BCUT2D eigenvalue weighted by molar-refractivity contribution is 5.98. The fourth-order valence-electron chi connectivity index (χ4n) is 2.13. The molecule has 104 valence electrons. The fraction of sp³-hybridized carbons (Fsp3) is 1.00. The summed E-state index contributed by atoms with van der Waals surface area (Å²) in [4.78, 5) is 0. The van der Waals surface area contributed by atoms with Crippen LogP contribution in [-0.2, 0) is 9.16 Å². The lowest BCUT2D eigenvalue weighted by atomic mass is 10.1. The molecule has 0 aliphatic heterocycles. The zero-order valence-corrected chi connectivity index (χ0v) is 14.2. The van der Waals surface area contributed by atoms with Gasteiger partial charge in [-0.2, -0.15) is 0 Å². The Bertz CT molecular complexity index is 138. The first kappa shape index (κ1) is 17.1. The van der Waals surface area contributed by atoms with E-state index >= 15 is 0 Å². The van der Waals surface area contributed by atoms with E-state index < -0.39 is 0 Å². The van der Waals surface area contributed by atoms with Crippen LogP contribution in [-0.4, -0.2) is 23.9 Å². The van der Waals surface area contributed by atoms with Gasteiger partial charge in [0, 0.05) is 7.11 Å². The molecule has 0 bridgehead atoms. The Morgan fingerprint density at radius 1 is 0.824 bits per heavy atom. The summed E-state index contributed by atoms with van der Waals surface area (Å²) in [5, 5.41) is 0. The van der Waals surface area contributed by atoms with Gasteiger partial charge in [-0.15, -0.1) is 0 Å². The molecule has 0 aromatic rings. The topological polar surface area (TPSA) is 18.5 Å². The lowest BCUT2D eigenvalue weighted by Gasteiger charge is -2.13. The minimum Gasteiger partial charge on any atom is -0.404 e. The number of unbranched alkanes of at least 4 members (excludes halogenated alkanes) is 9. The van der Waals surface area contributed by atoms with Crippen LogP contribution in [0.4, 0.5) is 0 Å². The van der Waals surface area contributed by atoms with Gasteiger partial charge in [-0.1, -0.05) is 64.7 Å². The summed E-state index contributed by atoms with van der Waals surface area (Å²) < 4.78 is 10.5. The molecule has 0 N–H and O–H groups in total. The monoisotopic (exact) mass is 260 g/mol. The van der Waals surface area contributed by atoms with E-state index in [4.69, 9.17) is 9.16 Å². The molecule has 1 atom stereocenters. The molecule has 1 unspecified atom stereocenters. The minimum atomic E-state index is 0.0655. The van der Waals surface area contributed by atoms with Gasteiger partial charge >= 0.3 is 0 Å². The molecule has 0 aromatic carbocycles. The predicted molar refractivity (Wildman–Crippen MR) is 78.3 cm³/mol. The van der Waals surface area contributed by atoms with Crippen LogP contribution in [0.15, 0.2) is 0 Å². The summed E-state index contributed by atoms with van der Waals surface area (Å²) in [5.74, 6) is 0. The summed E-state index contributed by atoms with van der Waals surface area (Å²) in [7, 11) is 2.51. The van der Waals surface area contributed by atoms with Crippen molar-refractivity contribution in [3.63, 3.8) is 0 Å². The molecule has 0 spiro atoms. The number of hydrogen-bond donors (Lipinski definition) is 0. The number of hydrogen-bond acceptors (Lipinski definition) is 2. The maximum Gasteiger partial charge on any atom is 0.149 e. The number of rotatable bonds is 13. The molecule has 0 rings (SSSR count). The maximum absolute atomic E-state index is 5.30. The molecule has 17 heavy (non-hydrogen) atoms. The van der Waals surface area contributed by atoms with E-state index in [1.807, 2.05) is 0 Å². The van der Waals surface area contributed by atoms with Crippen LogP contribution in [0, 0.1) is 0 Å². The van der Waals surface area contributed by atoms with E-state index in [0.29, 0.717) is 0 Å². The van der Waals surface area contributed by atoms with Crippen molar-refractivity contribution in [2.75, 3.05) is 7.11 Å². The average molecular weight is 260 g/mol. The van der Waals surface area contributed by atoms with Crippen molar-refractivity contribution in [3.05, 3.63) is 0 Å². The Labute approximate surface area is 111 Å². The lowest BCUT2D eigenvalue weighted by molar-refractivity contribution is -0.0551. The van der Waals surface area contributed by atoms with E-state index in [2.05, 4.69) is 6.92 Å². The van der Waals surface area contributed by atoms with Crippen molar-refractivity contribution in [1.29, 1.82) is 0 Å². The summed E-state index contributed by atoms with van der Waals surface area (Å²) >= 11 is 0. The highest BCUT2D eigenvalue weighted by atomic mass is 28.2. The second-order valence-electron chi connectivity index (χ2n) is 4.87. The Morgan fingerprint density at radius 2 is 1.29 bits per heavy atom. The highest BCUT2D eigenvalue weighted by Gasteiger charge is 2.02. The third-order valence-corrected chi connectivity index (χ3v) is 3.84. The predicted octanol–water partition coefficient (Wildman–Crippen LogP) is 3.57. The zero-order chi connectivity index (χ0) is 12.8. The summed E-state index contributed by atoms with van der Waals surface area (Å²) in [6.45, 7) is 2.27. The molecule has 0 amide bonds. The van der Waals surface area contributed by atoms with Gasteiger partial charge in [-0.05, 0) is 12.8 Å².